The lowest BCUT2D eigenvalue weighted by molar-refractivity contribution is 1.03. The average molecular weight is 1240 g/mol. The molecule has 95 heavy (non-hydrogen) atoms. The van der Waals surface area contributed by atoms with Gasteiger partial charge in [-0.3, -0.25) is 0 Å². The second-order valence-corrected chi connectivity index (χ2v) is 27.5. The summed E-state index contributed by atoms with van der Waals surface area (Å²) in [4.78, 5) is 1.46. The number of thiophene rings is 2. The lowest BCUT2D eigenvalue weighted by Crippen LogP contribution is -1.95. The van der Waals surface area contributed by atoms with Crippen LogP contribution in [0, 0.1) is 0 Å². The molecule has 1 nitrogen and oxygen atoms in total. The third-order valence-electron chi connectivity index (χ3n) is 19.9. The van der Waals surface area contributed by atoms with Crippen molar-refractivity contribution >= 4 is 108 Å². The summed E-state index contributed by atoms with van der Waals surface area (Å²) < 4.78 is 6.43. The molecule has 1 aliphatic carbocycles. The fraction of sp³-hybridized carbons (Fsp3) is 0.0217. The molecule has 3 heteroatoms. The van der Waals surface area contributed by atoms with E-state index in [0.29, 0.717) is 0 Å². The van der Waals surface area contributed by atoms with Crippen LogP contribution in [0.5, 0.6) is 0 Å². The largest absolute Gasteiger partial charge is 0.309 e. The van der Waals surface area contributed by atoms with Crippen LogP contribution < -0.4 is 0 Å². The molecule has 15 aromatic carbocycles. The Bertz CT molecular complexity index is 6080. The molecule has 19 rings (SSSR count). The highest BCUT2D eigenvalue weighted by Crippen LogP contribution is 2.50. The zero-order valence-corrected chi connectivity index (χ0v) is 53.6. The average Bonchev–Trinajstić information content (AvgIpc) is 1.74. The Hall–Kier alpha value is -11.5. The van der Waals surface area contributed by atoms with Gasteiger partial charge in [-0.2, -0.15) is 0 Å². The van der Waals surface area contributed by atoms with Crippen LogP contribution in [0.15, 0.2) is 328 Å². The van der Waals surface area contributed by atoms with Crippen LogP contribution in [0.25, 0.3) is 180 Å². The highest BCUT2D eigenvalue weighted by atomic mass is 32.1. The van der Waals surface area contributed by atoms with Crippen molar-refractivity contribution in [1.82, 2.24) is 4.57 Å². The molecule has 0 spiro atoms. The minimum atomic E-state index is 1.03. The highest BCUT2D eigenvalue weighted by molar-refractivity contribution is 7.26. The van der Waals surface area contributed by atoms with E-state index in [1.807, 2.05) is 22.7 Å². The topological polar surface area (TPSA) is 4.93 Å². The van der Waals surface area contributed by atoms with E-state index in [4.69, 9.17) is 0 Å². The molecule has 0 N–H and O–H groups in total. The van der Waals surface area contributed by atoms with Crippen molar-refractivity contribution < 1.29 is 0 Å². The first-order valence-electron chi connectivity index (χ1n) is 32.9. The molecular formula is C92H59NS2. The molecule has 0 radical (unpaired) electrons. The molecule has 0 aliphatic heterocycles. The van der Waals surface area contributed by atoms with Crippen molar-refractivity contribution in [3.8, 4) is 94.7 Å². The van der Waals surface area contributed by atoms with Crippen LogP contribution in [-0.4, -0.2) is 4.57 Å². The fourth-order valence-corrected chi connectivity index (χ4v) is 17.8. The van der Waals surface area contributed by atoms with E-state index in [1.165, 1.54) is 184 Å². The maximum atomic E-state index is 2.51. The second kappa shape index (κ2) is 22.7. The molecule has 3 heterocycles. The second-order valence-electron chi connectivity index (χ2n) is 25.3. The summed E-state index contributed by atoms with van der Waals surface area (Å²) in [7, 11) is 0. The van der Waals surface area contributed by atoms with Gasteiger partial charge in [0.2, 0.25) is 0 Å². The van der Waals surface area contributed by atoms with Crippen molar-refractivity contribution in [2.45, 2.75) is 12.8 Å². The van der Waals surface area contributed by atoms with Crippen molar-refractivity contribution in [3.05, 3.63) is 344 Å². The monoisotopic (exact) mass is 1240 g/mol. The molecule has 0 atom stereocenters. The lowest BCUT2D eigenvalue weighted by atomic mass is 9.85. The van der Waals surface area contributed by atoms with E-state index in [9.17, 15) is 0 Å². The van der Waals surface area contributed by atoms with E-state index in [1.54, 1.807) is 0 Å². The van der Waals surface area contributed by atoms with Gasteiger partial charge in [0, 0.05) is 62.7 Å². The minimum absolute atomic E-state index is 1.03. The first-order chi connectivity index (χ1) is 47.1. The summed E-state index contributed by atoms with van der Waals surface area (Å²) in [6.07, 6.45) is 4.54. The number of fused-ring (bicyclic) bond motifs is 11. The number of allylic oxidation sites excluding steroid dienone is 1. The first kappa shape index (κ1) is 55.2. The Balaban J connectivity index is 0.816. The van der Waals surface area contributed by atoms with Gasteiger partial charge in [-0.1, -0.05) is 249 Å². The van der Waals surface area contributed by atoms with Gasteiger partial charge in [-0.15, -0.1) is 22.7 Å². The first-order valence-corrected chi connectivity index (χ1v) is 34.5. The van der Waals surface area contributed by atoms with Crippen LogP contribution in [0.4, 0.5) is 0 Å². The van der Waals surface area contributed by atoms with Gasteiger partial charge in [0.1, 0.15) is 0 Å². The number of aromatic nitrogens is 1. The zero-order chi connectivity index (χ0) is 62.5. The Kier molecular flexibility index (Phi) is 13.2. The van der Waals surface area contributed by atoms with Gasteiger partial charge >= 0.3 is 0 Å². The molecular weight excluding hydrogens is 1180 g/mol. The predicted molar refractivity (Wildman–Crippen MR) is 410 cm³/mol. The molecule has 0 saturated heterocycles. The molecule has 18 aromatic rings. The standard InChI is InChI=1S/C92H59NS2/c1-7-21-58(22-8-1)66-40-47-87-80(49-66)83-56-70(60-25-11-3-12-26-60)54-76(91(83)94-87)68-38-45-85-78(52-68)79-53-69(77-55-71(61-27-13-4-14-28-61)57-84-81-50-67(59-23-9-2-10-24-59)41-48-88(81)95-92(77)84)39-46-86(79)93(85)72-42-35-62(36-43-72)65-37-44-75-82(51-65)90(64-31-17-6-18-32-64)74-34-20-19-33-73(74)89(75)63-29-15-5-16-30-63/h1-40,42-47,49-57H,41,48H2. The van der Waals surface area contributed by atoms with Gasteiger partial charge in [-0.05, 0) is 214 Å². The van der Waals surface area contributed by atoms with Gasteiger partial charge in [0.25, 0.3) is 0 Å². The third kappa shape index (κ3) is 9.41. The van der Waals surface area contributed by atoms with E-state index < -0.39 is 0 Å². The highest BCUT2D eigenvalue weighted by Gasteiger charge is 2.24. The zero-order valence-electron chi connectivity index (χ0n) is 51.9. The molecule has 0 amide bonds. The Labute approximate surface area is 559 Å². The molecule has 444 valence electrons. The van der Waals surface area contributed by atoms with Crippen molar-refractivity contribution in [2.24, 2.45) is 0 Å². The predicted octanol–water partition coefficient (Wildman–Crippen LogP) is 26.5. The van der Waals surface area contributed by atoms with Crippen LogP contribution in [0.1, 0.15) is 22.4 Å². The van der Waals surface area contributed by atoms with Crippen LogP contribution in [0.3, 0.4) is 0 Å². The summed E-state index contributed by atoms with van der Waals surface area (Å²) in [5.41, 5.74) is 27.1. The molecule has 1 aliphatic rings. The summed E-state index contributed by atoms with van der Waals surface area (Å²) in [5, 5.41) is 11.3. The number of benzene rings is 15. The van der Waals surface area contributed by atoms with Gasteiger partial charge in [-0.25, -0.2) is 0 Å². The van der Waals surface area contributed by atoms with Gasteiger partial charge in [0.05, 0.1) is 11.0 Å². The van der Waals surface area contributed by atoms with Crippen molar-refractivity contribution in [2.75, 3.05) is 0 Å². The minimum Gasteiger partial charge on any atom is -0.309 e. The molecule has 0 bridgehead atoms. The Morgan fingerprint density at radius 2 is 0.642 bits per heavy atom. The smallest absolute Gasteiger partial charge is 0.0541 e. The summed E-state index contributed by atoms with van der Waals surface area (Å²) >= 11 is 3.89. The number of rotatable bonds is 10. The van der Waals surface area contributed by atoms with Gasteiger partial charge < -0.3 is 4.57 Å². The molecule has 0 fully saturated rings. The number of aryl methyl sites for hydroxylation is 1. The maximum absolute atomic E-state index is 2.51. The SMILES string of the molecule is C1=C(c2ccccc2)CCc2sc3c(-c4ccc5c(c4)c4cc(-c6cc(-c7ccccc7)cc7c6sc6ccc(-c8ccccc8)cc67)ccc4n5-c4ccc(-c5ccc6c(-c7ccccc7)c7ccccc7c(-c7ccccc7)c6c5)cc4)cc(-c4ccccc4)cc3c21. The normalized spacial score (nSPS) is 12.4. The summed E-state index contributed by atoms with van der Waals surface area (Å²) in [5.74, 6) is 0. The quantitative estimate of drug-likeness (QED) is 0.120. The van der Waals surface area contributed by atoms with Crippen molar-refractivity contribution in [3.63, 3.8) is 0 Å². The van der Waals surface area contributed by atoms with E-state index in [0.717, 1.165) is 18.5 Å². The number of hydrogen-bond acceptors (Lipinski definition) is 2. The van der Waals surface area contributed by atoms with Crippen molar-refractivity contribution in [1.29, 1.82) is 0 Å². The lowest BCUT2D eigenvalue weighted by Gasteiger charge is -2.19. The Morgan fingerprint density at radius 1 is 0.242 bits per heavy atom. The molecule has 3 aromatic heterocycles. The van der Waals surface area contributed by atoms with E-state index in [-0.39, 0.29) is 0 Å². The van der Waals surface area contributed by atoms with Gasteiger partial charge in [0.15, 0.2) is 0 Å². The summed E-state index contributed by atoms with van der Waals surface area (Å²) in [6.45, 7) is 0. The van der Waals surface area contributed by atoms with E-state index in [2.05, 4.69) is 338 Å². The van der Waals surface area contributed by atoms with Crippen LogP contribution >= 0.6 is 22.7 Å². The fourth-order valence-electron chi connectivity index (χ4n) is 15.3. The van der Waals surface area contributed by atoms with Crippen LogP contribution in [0.2, 0.25) is 0 Å². The summed E-state index contributed by atoms with van der Waals surface area (Å²) in [6, 6.07) is 122. The van der Waals surface area contributed by atoms with E-state index >= 15 is 0 Å². The molecule has 0 saturated carbocycles. The number of hydrogen-bond donors (Lipinski definition) is 0. The van der Waals surface area contributed by atoms with Crippen LogP contribution in [-0.2, 0) is 6.42 Å². The number of nitrogens with zero attached hydrogens (tertiary/aromatic N) is 1. The molecule has 0 unspecified atom stereocenters. The third-order valence-corrected chi connectivity index (χ3v) is 22.4. The Morgan fingerprint density at radius 3 is 1.20 bits per heavy atom. The maximum Gasteiger partial charge on any atom is 0.0541 e.